The van der Waals surface area contributed by atoms with Gasteiger partial charge in [-0.3, -0.25) is 4.90 Å². The minimum Gasteiger partial charge on any atom is -0.493 e. The van der Waals surface area contributed by atoms with Crippen molar-refractivity contribution in [1.29, 1.82) is 0 Å². The van der Waals surface area contributed by atoms with Gasteiger partial charge >= 0.3 is 6.03 Å². The number of hydrogen-bond donors (Lipinski definition) is 0. The summed E-state index contributed by atoms with van der Waals surface area (Å²) < 4.78 is 10.8. The van der Waals surface area contributed by atoms with Gasteiger partial charge in [-0.2, -0.15) is 0 Å². The highest BCUT2D eigenvalue weighted by molar-refractivity contribution is 5.93. The van der Waals surface area contributed by atoms with E-state index in [1.807, 2.05) is 31.1 Å². The first kappa shape index (κ1) is 16.4. The molecule has 0 bridgehead atoms. The van der Waals surface area contributed by atoms with Crippen molar-refractivity contribution in [3.8, 4) is 11.5 Å². The van der Waals surface area contributed by atoms with E-state index >= 15 is 0 Å². The smallest absolute Gasteiger partial charge is 0.324 e. The molecule has 1 atom stereocenters. The zero-order chi connectivity index (χ0) is 16.4. The van der Waals surface area contributed by atoms with Crippen molar-refractivity contribution < 1.29 is 14.3 Å². The number of fused-ring (bicyclic) bond motifs is 1. The first-order valence-electron chi connectivity index (χ1n) is 7.29. The molecule has 2 amide bonds. The van der Waals surface area contributed by atoms with Gasteiger partial charge in [0.25, 0.3) is 0 Å². The van der Waals surface area contributed by atoms with E-state index in [4.69, 9.17) is 9.47 Å². The van der Waals surface area contributed by atoms with Crippen LogP contribution in [0.25, 0.3) is 0 Å². The number of nitrogens with zero attached hydrogens (tertiary/aromatic N) is 3. The average Bonchev–Trinajstić information content (AvgIpc) is 2.51. The SMILES string of the molecule is COc1cc2c(cc1OC)N(C(=O)N(C)C)CC(N(C)C)C2. The Morgan fingerprint density at radius 3 is 2.23 bits per heavy atom. The van der Waals surface area contributed by atoms with E-state index in [2.05, 4.69) is 4.90 Å². The molecule has 0 radical (unpaired) electrons. The van der Waals surface area contributed by atoms with Crippen LogP contribution < -0.4 is 14.4 Å². The number of methoxy groups -OCH3 is 2. The molecule has 0 aromatic heterocycles. The molecule has 2 rings (SSSR count). The highest BCUT2D eigenvalue weighted by atomic mass is 16.5. The van der Waals surface area contributed by atoms with Gasteiger partial charge in [-0.15, -0.1) is 0 Å². The molecule has 0 N–H and O–H groups in total. The number of likely N-dealkylation sites (N-methyl/N-ethyl adjacent to an activating group) is 1. The highest BCUT2D eigenvalue weighted by Crippen LogP contribution is 2.38. The molecule has 1 aliphatic heterocycles. The number of carbonyl (C=O) groups excluding carboxylic acids is 1. The Hall–Kier alpha value is -1.95. The molecular formula is C16H25N3O3. The predicted octanol–water partition coefficient (Wildman–Crippen LogP) is 1.68. The maximum Gasteiger partial charge on any atom is 0.324 e. The second-order valence-electron chi connectivity index (χ2n) is 5.95. The standard InChI is InChI=1S/C16H25N3O3/c1-17(2)12-7-11-8-14(21-5)15(22-6)9-13(11)19(10-12)16(20)18(3)4/h8-9,12H,7,10H2,1-6H3. The first-order valence-corrected chi connectivity index (χ1v) is 7.29. The summed E-state index contributed by atoms with van der Waals surface area (Å²) in [6.45, 7) is 0.659. The number of amides is 2. The molecule has 0 spiro atoms. The van der Waals surface area contributed by atoms with Crippen molar-refractivity contribution in [1.82, 2.24) is 9.80 Å². The Balaban J connectivity index is 2.52. The lowest BCUT2D eigenvalue weighted by Gasteiger charge is -2.38. The Morgan fingerprint density at radius 2 is 1.73 bits per heavy atom. The minimum absolute atomic E-state index is 0.0278. The monoisotopic (exact) mass is 307 g/mol. The summed E-state index contributed by atoms with van der Waals surface area (Å²) in [6, 6.07) is 4.11. The number of ether oxygens (including phenoxy) is 2. The molecule has 6 heteroatoms. The lowest BCUT2D eigenvalue weighted by molar-refractivity contribution is 0.217. The zero-order valence-corrected chi connectivity index (χ0v) is 14.2. The second-order valence-corrected chi connectivity index (χ2v) is 5.95. The lowest BCUT2D eigenvalue weighted by atomic mass is 9.96. The maximum atomic E-state index is 12.5. The third-order valence-electron chi connectivity index (χ3n) is 4.07. The number of hydrogen-bond acceptors (Lipinski definition) is 4. The Bertz CT molecular complexity index is 558. The highest BCUT2D eigenvalue weighted by Gasteiger charge is 2.31. The number of anilines is 1. The summed E-state index contributed by atoms with van der Waals surface area (Å²) in [4.78, 5) is 18.1. The van der Waals surface area contributed by atoms with Crippen LogP contribution in [0.15, 0.2) is 12.1 Å². The van der Waals surface area contributed by atoms with Crippen molar-refractivity contribution >= 4 is 11.7 Å². The van der Waals surface area contributed by atoms with Gasteiger partial charge in [-0.1, -0.05) is 0 Å². The van der Waals surface area contributed by atoms with Crippen LogP contribution in [0.3, 0.4) is 0 Å². The molecule has 1 aliphatic rings. The Kier molecular flexibility index (Phi) is 4.81. The van der Waals surface area contributed by atoms with Crippen LogP contribution >= 0.6 is 0 Å². The number of benzene rings is 1. The molecule has 6 nitrogen and oxygen atoms in total. The summed E-state index contributed by atoms with van der Waals surface area (Å²) >= 11 is 0. The van der Waals surface area contributed by atoms with Crippen molar-refractivity contribution in [3.63, 3.8) is 0 Å². The number of rotatable bonds is 3. The molecule has 1 unspecified atom stereocenters. The fraction of sp³-hybridized carbons (Fsp3) is 0.562. The van der Waals surface area contributed by atoms with E-state index < -0.39 is 0 Å². The summed E-state index contributed by atoms with van der Waals surface area (Å²) in [5.41, 5.74) is 1.99. The molecule has 22 heavy (non-hydrogen) atoms. The van der Waals surface area contributed by atoms with Crippen LogP contribution in [0, 0.1) is 0 Å². The first-order chi connectivity index (χ1) is 10.4. The zero-order valence-electron chi connectivity index (χ0n) is 14.2. The van der Waals surface area contributed by atoms with Crippen LogP contribution in [0.5, 0.6) is 11.5 Å². The average molecular weight is 307 g/mol. The molecular weight excluding hydrogens is 282 g/mol. The second kappa shape index (κ2) is 6.44. The van der Waals surface area contributed by atoms with E-state index in [1.54, 1.807) is 33.2 Å². The maximum absolute atomic E-state index is 12.5. The summed E-state index contributed by atoms with van der Waals surface area (Å²) in [5.74, 6) is 1.33. The largest absolute Gasteiger partial charge is 0.493 e. The molecule has 122 valence electrons. The summed E-state index contributed by atoms with van der Waals surface area (Å²) in [6.07, 6.45) is 0.875. The fourth-order valence-corrected chi connectivity index (χ4v) is 2.72. The van der Waals surface area contributed by atoms with Crippen molar-refractivity contribution in [2.45, 2.75) is 12.5 Å². The van der Waals surface area contributed by atoms with Gasteiger partial charge < -0.3 is 19.3 Å². The van der Waals surface area contributed by atoms with Gasteiger partial charge in [0.1, 0.15) is 0 Å². The molecule has 0 fully saturated rings. The van der Waals surface area contributed by atoms with E-state index in [9.17, 15) is 4.79 Å². The third-order valence-corrected chi connectivity index (χ3v) is 4.07. The van der Waals surface area contributed by atoms with Crippen LogP contribution in [-0.2, 0) is 6.42 Å². The lowest BCUT2D eigenvalue weighted by Crippen LogP contribution is -2.50. The van der Waals surface area contributed by atoms with Crippen LogP contribution in [0.1, 0.15) is 5.56 Å². The topological polar surface area (TPSA) is 45.3 Å². The predicted molar refractivity (Wildman–Crippen MR) is 87.2 cm³/mol. The summed E-state index contributed by atoms with van der Waals surface area (Å²) in [5, 5.41) is 0. The van der Waals surface area contributed by atoms with Gasteiger partial charge in [0.15, 0.2) is 11.5 Å². The van der Waals surface area contributed by atoms with Crippen LogP contribution in [0.4, 0.5) is 10.5 Å². The molecule has 1 aromatic carbocycles. The Labute approximate surface area is 132 Å². The van der Waals surface area contributed by atoms with Gasteiger partial charge in [0, 0.05) is 32.7 Å². The molecule has 1 aromatic rings. The molecule has 0 saturated heterocycles. The van der Waals surface area contributed by atoms with Gasteiger partial charge in [-0.25, -0.2) is 4.79 Å². The summed E-state index contributed by atoms with van der Waals surface area (Å²) in [7, 11) is 10.8. The van der Waals surface area contributed by atoms with Crippen LogP contribution in [0.2, 0.25) is 0 Å². The van der Waals surface area contributed by atoms with Gasteiger partial charge in [0.05, 0.1) is 19.9 Å². The quantitative estimate of drug-likeness (QED) is 0.852. The van der Waals surface area contributed by atoms with E-state index in [-0.39, 0.29) is 12.1 Å². The third kappa shape index (κ3) is 2.97. The normalized spacial score (nSPS) is 17.2. The molecule has 0 saturated carbocycles. The van der Waals surface area contributed by atoms with Gasteiger partial charge in [0.2, 0.25) is 0 Å². The number of urea groups is 1. The van der Waals surface area contributed by atoms with Gasteiger partial charge in [-0.05, 0) is 32.1 Å². The van der Waals surface area contributed by atoms with Crippen LogP contribution in [-0.4, -0.2) is 70.8 Å². The number of carbonyl (C=O) groups is 1. The Morgan fingerprint density at radius 1 is 1.14 bits per heavy atom. The van der Waals surface area contributed by atoms with Crippen molar-refractivity contribution in [3.05, 3.63) is 17.7 Å². The fourth-order valence-electron chi connectivity index (χ4n) is 2.72. The van der Waals surface area contributed by atoms with Crippen molar-refractivity contribution in [2.24, 2.45) is 0 Å². The molecule has 1 heterocycles. The van der Waals surface area contributed by atoms with E-state index in [1.165, 1.54) is 0 Å². The van der Waals surface area contributed by atoms with E-state index in [0.717, 1.165) is 17.7 Å². The minimum atomic E-state index is -0.0278. The molecule has 0 aliphatic carbocycles. The van der Waals surface area contributed by atoms with Crippen molar-refractivity contribution in [2.75, 3.05) is 53.9 Å². The van der Waals surface area contributed by atoms with E-state index in [0.29, 0.717) is 18.0 Å².